The Morgan fingerprint density at radius 2 is 1.82 bits per heavy atom. The Balaban J connectivity index is 1.52. The highest BCUT2D eigenvalue weighted by Crippen LogP contribution is 2.16. The molecule has 28 heavy (non-hydrogen) atoms. The van der Waals surface area contributed by atoms with E-state index in [-0.39, 0.29) is 5.82 Å². The van der Waals surface area contributed by atoms with E-state index in [1.54, 1.807) is 0 Å². The Morgan fingerprint density at radius 1 is 1.07 bits per heavy atom. The van der Waals surface area contributed by atoms with Crippen LogP contribution in [0.2, 0.25) is 0 Å². The van der Waals surface area contributed by atoms with Crippen molar-refractivity contribution in [2.24, 2.45) is 15.9 Å². The molecule has 4 nitrogen and oxygen atoms in total. The number of rotatable bonds is 6. The summed E-state index contributed by atoms with van der Waals surface area (Å²) in [5, 5.41) is 8.37. The highest BCUT2D eigenvalue weighted by atomic mass is 32.2. The fourth-order valence-electron chi connectivity index (χ4n) is 3.22. The van der Waals surface area contributed by atoms with Crippen LogP contribution in [-0.4, -0.2) is 29.4 Å². The number of amidine groups is 1. The van der Waals surface area contributed by atoms with E-state index in [1.807, 2.05) is 42.5 Å². The van der Waals surface area contributed by atoms with Gasteiger partial charge in [-0.05, 0) is 43.1 Å². The molecule has 0 spiro atoms. The van der Waals surface area contributed by atoms with Crippen molar-refractivity contribution in [2.45, 2.75) is 38.0 Å². The first-order valence-corrected chi connectivity index (χ1v) is 10.7. The summed E-state index contributed by atoms with van der Waals surface area (Å²) in [7, 11) is 0. The van der Waals surface area contributed by atoms with E-state index in [1.165, 1.54) is 55.3 Å². The minimum absolute atomic E-state index is 0.191. The first kappa shape index (κ1) is 20.6. The van der Waals surface area contributed by atoms with Crippen molar-refractivity contribution in [3.63, 3.8) is 0 Å². The molecule has 6 heteroatoms. The van der Waals surface area contributed by atoms with Crippen LogP contribution in [0.15, 0.2) is 58.7 Å². The van der Waals surface area contributed by atoms with E-state index in [9.17, 15) is 4.39 Å². The molecule has 1 fully saturated rings. The summed E-state index contributed by atoms with van der Waals surface area (Å²) in [5.74, 6) is 0.550. The van der Waals surface area contributed by atoms with Crippen LogP contribution < -0.4 is 5.73 Å². The Morgan fingerprint density at radius 3 is 2.54 bits per heavy atom. The van der Waals surface area contributed by atoms with E-state index in [0.29, 0.717) is 17.3 Å². The average molecular weight is 399 g/mol. The van der Waals surface area contributed by atoms with Gasteiger partial charge in [0.15, 0.2) is 5.17 Å². The third-order valence-corrected chi connectivity index (χ3v) is 5.62. The second kappa shape index (κ2) is 11.0. The van der Waals surface area contributed by atoms with E-state index in [2.05, 4.69) is 15.1 Å². The van der Waals surface area contributed by atoms with Crippen LogP contribution in [0.1, 0.15) is 42.4 Å². The number of nitrogens with zero attached hydrogens (tertiary/aromatic N) is 3. The predicted molar refractivity (Wildman–Crippen MR) is 117 cm³/mol. The molecule has 0 unspecified atom stereocenters. The van der Waals surface area contributed by atoms with Gasteiger partial charge in [0.2, 0.25) is 0 Å². The highest BCUT2D eigenvalue weighted by Gasteiger charge is 2.12. The zero-order chi connectivity index (χ0) is 19.6. The quantitative estimate of drug-likeness (QED) is 0.433. The maximum absolute atomic E-state index is 14.4. The second-order valence-electron chi connectivity index (χ2n) is 7.00. The van der Waals surface area contributed by atoms with Crippen molar-refractivity contribution in [1.29, 1.82) is 0 Å². The normalized spacial score (nSPS) is 16.4. The summed E-state index contributed by atoms with van der Waals surface area (Å²) in [5.41, 5.74) is 8.47. The van der Waals surface area contributed by atoms with Crippen LogP contribution in [0.3, 0.4) is 0 Å². The van der Waals surface area contributed by atoms with Crippen LogP contribution in [-0.2, 0) is 12.3 Å². The molecule has 1 saturated heterocycles. The van der Waals surface area contributed by atoms with Gasteiger partial charge in [0.25, 0.3) is 0 Å². The fourth-order valence-corrected chi connectivity index (χ4v) is 3.83. The van der Waals surface area contributed by atoms with Gasteiger partial charge in [0, 0.05) is 17.9 Å². The highest BCUT2D eigenvalue weighted by molar-refractivity contribution is 8.13. The van der Waals surface area contributed by atoms with Crippen molar-refractivity contribution < 1.29 is 4.39 Å². The van der Waals surface area contributed by atoms with Crippen molar-refractivity contribution >= 4 is 23.1 Å². The van der Waals surface area contributed by atoms with Crippen LogP contribution in [0.4, 0.5) is 4.39 Å². The van der Waals surface area contributed by atoms with E-state index in [0.717, 1.165) is 24.4 Å². The Kier molecular flexibility index (Phi) is 8.06. The molecule has 2 aromatic rings. The lowest BCUT2D eigenvalue weighted by atomic mass is 10.1. The number of halogens is 1. The summed E-state index contributed by atoms with van der Waals surface area (Å²) < 4.78 is 14.4. The molecule has 0 aliphatic carbocycles. The largest absolute Gasteiger partial charge is 0.377 e. The number of nitrogens with two attached hydrogens (primary N) is 1. The van der Waals surface area contributed by atoms with Crippen LogP contribution in [0.5, 0.6) is 0 Å². The molecule has 1 aliphatic heterocycles. The number of thioether (sulfide) groups is 1. The molecule has 0 bridgehead atoms. The number of benzene rings is 2. The predicted octanol–water partition coefficient (Wildman–Crippen LogP) is 4.78. The standard InChI is InChI=1S/C22H27FN4S/c23-21-14-19(10-11-20(21)16-27-12-6-1-2-7-13-27)15-25-26-22(24)28-17-18-8-4-3-5-9-18/h3-5,8-11,14-15H,1-2,6-7,12-13,16-17H2,(H2,24,26). The lowest BCUT2D eigenvalue weighted by Gasteiger charge is -2.20. The molecule has 1 heterocycles. The van der Waals surface area contributed by atoms with Crippen LogP contribution >= 0.6 is 11.8 Å². The molecule has 148 valence electrons. The number of hydrogen-bond acceptors (Lipinski definition) is 4. The van der Waals surface area contributed by atoms with Crippen molar-refractivity contribution in [3.8, 4) is 0 Å². The van der Waals surface area contributed by atoms with E-state index in [4.69, 9.17) is 5.73 Å². The van der Waals surface area contributed by atoms with Crippen molar-refractivity contribution in [3.05, 3.63) is 71.0 Å². The molecule has 3 rings (SSSR count). The van der Waals surface area contributed by atoms with Gasteiger partial charge in [-0.3, -0.25) is 4.90 Å². The summed E-state index contributed by atoms with van der Waals surface area (Å²) in [6, 6.07) is 15.3. The first-order valence-electron chi connectivity index (χ1n) is 9.75. The molecule has 2 N–H and O–H groups in total. The van der Waals surface area contributed by atoms with Crippen molar-refractivity contribution in [2.75, 3.05) is 13.1 Å². The second-order valence-corrected chi connectivity index (χ2v) is 7.99. The first-order chi connectivity index (χ1) is 13.7. The third kappa shape index (κ3) is 6.77. The SMILES string of the molecule is NC(=NN=Cc1ccc(CN2CCCCCC2)c(F)c1)SCc1ccccc1. The average Bonchev–Trinajstić information content (AvgIpc) is 2.98. The summed E-state index contributed by atoms with van der Waals surface area (Å²) in [4.78, 5) is 2.34. The van der Waals surface area contributed by atoms with E-state index < -0.39 is 0 Å². The Hall–Kier alpha value is -2.18. The van der Waals surface area contributed by atoms with Gasteiger partial charge in [-0.25, -0.2) is 4.39 Å². The zero-order valence-electron chi connectivity index (χ0n) is 16.1. The van der Waals surface area contributed by atoms with Gasteiger partial charge in [-0.2, -0.15) is 5.10 Å². The topological polar surface area (TPSA) is 54.0 Å². The molecule has 0 radical (unpaired) electrons. The number of hydrogen-bond donors (Lipinski definition) is 1. The monoisotopic (exact) mass is 398 g/mol. The van der Waals surface area contributed by atoms with Crippen LogP contribution in [0.25, 0.3) is 0 Å². The lowest BCUT2D eigenvalue weighted by molar-refractivity contribution is 0.273. The molecule has 1 aliphatic rings. The van der Waals surface area contributed by atoms with Crippen LogP contribution in [0, 0.1) is 5.82 Å². The Bertz CT molecular complexity index is 799. The van der Waals surface area contributed by atoms with Gasteiger partial charge in [-0.15, -0.1) is 5.10 Å². The molecule has 0 atom stereocenters. The summed E-state index contributed by atoms with van der Waals surface area (Å²) in [6.07, 6.45) is 6.50. The van der Waals surface area contributed by atoms with Crippen molar-refractivity contribution in [1.82, 2.24) is 4.90 Å². The van der Waals surface area contributed by atoms with Gasteiger partial charge >= 0.3 is 0 Å². The molecular formula is C22H27FN4S. The van der Waals surface area contributed by atoms with E-state index >= 15 is 0 Å². The fraction of sp³-hybridized carbons (Fsp3) is 0.364. The lowest BCUT2D eigenvalue weighted by Crippen LogP contribution is -2.24. The summed E-state index contributed by atoms with van der Waals surface area (Å²) in [6.45, 7) is 2.78. The Labute approximate surface area is 170 Å². The molecular weight excluding hydrogens is 371 g/mol. The van der Waals surface area contributed by atoms with Gasteiger partial charge in [-0.1, -0.05) is 67.1 Å². The van der Waals surface area contributed by atoms with Gasteiger partial charge < -0.3 is 5.73 Å². The van der Waals surface area contributed by atoms with Gasteiger partial charge in [0.05, 0.1) is 6.21 Å². The third-order valence-electron chi connectivity index (χ3n) is 4.76. The molecule has 0 saturated carbocycles. The molecule has 0 amide bonds. The zero-order valence-corrected chi connectivity index (χ0v) is 16.9. The minimum Gasteiger partial charge on any atom is -0.377 e. The maximum atomic E-state index is 14.4. The maximum Gasteiger partial charge on any atom is 0.180 e. The summed E-state index contributed by atoms with van der Waals surface area (Å²) >= 11 is 1.43. The minimum atomic E-state index is -0.191. The molecule has 2 aromatic carbocycles. The number of likely N-dealkylation sites (tertiary alicyclic amines) is 1. The van der Waals surface area contributed by atoms with Gasteiger partial charge in [0.1, 0.15) is 5.82 Å². The molecule has 0 aromatic heterocycles. The smallest absolute Gasteiger partial charge is 0.180 e.